The van der Waals surface area contributed by atoms with Gasteiger partial charge in [0.15, 0.2) is 0 Å². The van der Waals surface area contributed by atoms with Gasteiger partial charge in [0.25, 0.3) is 0 Å². The fourth-order valence-corrected chi connectivity index (χ4v) is 2.03. The molecule has 114 valence electrons. The molecule has 1 heterocycles. The van der Waals surface area contributed by atoms with Crippen molar-refractivity contribution in [2.24, 2.45) is 0 Å². The van der Waals surface area contributed by atoms with Crippen molar-refractivity contribution < 1.29 is 4.74 Å². The molecule has 21 heavy (non-hydrogen) atoms. The monoisotopic (exact) mass is 288 g/mol. The second-order valence-electron chi connectivity index (χ2n) is 5.17. The Morgan fingerprint density at radius 2 is 2.14 bits per heavy atom. The Bertz CT molecular complexity index is 551. The Morgan fingerprint density at radius 3 is 2.90 bits per heavy atom. The van der Waals surface area contributed by atoms with E-state index in [1.54, 1.807) is 0 Å². The molecular weight excluding hydrogens is 264 g/mol. The molecule has 0 aliphatic heterocycles. The number of anilines is 1. The highest BCUT2D eigenvalue weighted by Crippen LogP contribution is 2.18. The van der Waals surface area contributed by atoms with Crippen LogP contribution in [0.15, 0.2) is 36.5 Å². The predicted octanol–water partition coefficient (Wildman–Crippen LogP) is 2.46. The van der Waals surface area contributed by atoms with Crippen molar-refractivity contribution in [3.8, 4) is 5.75 Å². The van der Waals surface area contributed by atoms with Crippen molar-refractivity contribution in [3.05, 3.63) is 42.2 Å². The second kappa shape index (κ2) is 7.69. The molecule has 0 saturated carbocycles. The molecule has 0 aliphatic carbocycles. The highest BCUT2D eigenvalue weighted by molar-refractivity contribution is 5.48. The van der Waals surface area contributed by atoms with E-state index in [0.29, 0.717) is 6.61 Å². The van der Waals surface area contributed by atoms with Gasteiger partial charge < -0.3 is 15.0 Å². The smallest absolute Gasteiger partial charge is 0.121 e. The standard InChI is InChI=1S/C16H24N4O/c1-4-20-15(8-9-18-20)13-17-14-6-5-7-16(12-14)21-11-10-19(2)3/h5-9,12,17H,4,10-11,13H2,1-3H3. The summed E-state index contributed by atoms with van der Waals surface area (Å²) in [7, 11) is 4.08. The lowest BCUT2D eigenvalue weighted by Crippen LogP contribution is -2.19. The molecule has 1 aromatic heterocycles. The molecule has 2 aromatic rings. The molecule has 0 unspecified atom stereocenters. The van der Waals surface area contributed by atoms with Crippen molar-refractivity contribution in [2.45, 2.75) is 20.0 Å². The lowest BCUT2D eigenvalue weighted by molar-refractivity contribution is 0.261. The first-order valence-electron chi connectivity index (χ1n) is 7.31. The predicted molar refractivity (Wildman–Crippen MR) is 85.7 cm³/mol. The Balaban J connectivity index is 1.89. The van der Waals surface area contributed by atoms with Gasteiger partial charge in [-0.1, -0.05) is 6.07 Å². The molecule has 0 aliphatic rings. The molecule has 0 spiro atoms. The van der Waals surface area contributed by atoms with Crippen LogP contribution >= 0.6 is 0 Å². The van der Waals surface area contributed by atoms with Gasteiger partial charge in [-0.15, -0.1) is 0 Å². The van der Waals surface area contributed by atoms with E-state index in [4.69, 9.17) is 4.74 Å². The van der Waals surface area contributed by atoms with Gasteiger partial charge in [0, 0.05) is 31.0 Å². The number of ether oxygens (including phenoxy) is 1. The molecule has 5 heteroatoms. The fraction of sp³-hybridized carbons (Fsp3) is 0.438. The Kier molecular flexibility index (Phi) is 5.63. The maximum absolute atomic E-state index is 5.74. The van der Waals surface area contributed by atoms with E-state index >= 15 is 0 Å². The van der Waals surface area contributed by atoms with Gasteiger partial charge in [-0.3, -0.25) is 4.68 Å². The lowest BCUT2D eigenvalue weighted by atomic mass is 10.3. The van der Waals surface area contributed by atoms with E-state index in [0.717, 1.165) is 31.1 Å². The van der Waals surface area contributed by atoms with Crippen LogP contribution in [0.3, 0.4) is 0 Å². The summed E-state index contributed by atoms with van der Waals surface area (Å²) >= 11 is 0. The van der Waals surface area contributed by atoms with Crippen LogP contribution in [0.2, 0.25) is 0 Å². The van der Waals surface area contributed by atoms with Gasteiger partial charge in [-0.2, -0.15) is 5.10 Å². The van der Waals surface area contributed by atoms with E-state index in [1.165, 1.54) is 5.69 Å². The summed E-state index contributed by atoms with van der Waals surface area (Å²) < 4.78 is 7.73. The number of aromatic nitrogens is 2. The van der Waals surface area contributed by atoms with Crippen molar-refractivity contribution >= 4 is 5.69 Å². The Morgan fingerprint density at radius 1 is 1.29 bits per heavy atom. The lowest BCUT2D eigenvalue weighted by Gasteiger charge is -2.12. The zero-order chi connectivity index (χ0) is 15.1. The third-order valence-corrected chi connectivity index (χ3v) is 3.22. The molecule has 1 aromatic carbocycles. The average Bonchev–Trinajstić information content (AvgIpc) is 2.92. The van der Waals surface area contributed by atoms with Gasteiger partial charge in [-0.25, -0.2) is 0 Å². The minimum absolute atomic E-state index is 0.694. The highest BCUT2D eigenvalue weighted by Gasteiger charge is 2.01. The fourth-order valence-electron chi connectivity index (χ4n) is 2.03. The van der Waals surface area contributed by atoms with Gasteiger partial charge in [0.2, 0.25) is 0 Å². The molecule has 0 bridgehead atoms. The SMILES string of the molecule is CCn1nccc1CNc1cccc(OCCN(C)C)c1. The first-order chi connectivity index (χ1) is 10.2. The highest BCUT2D eigenvalue weighted by atomic mass is 16.5. The zero-order valence-electron chi connectivity index (χ0n) is 13.0. The number of benzene rings is 1. The quantitative estimate of drug-likeness (QED) is 0.810. The van der Waals surface area contributed by atoms with E-state index in [9.17, 15) is 0 Å². The number of hydrogen-bond acceptors (Lipinski definition) is 4. The van der Waals surface area contributed by atoms with Crippen molar-refractivity contribution in [2.75, 3.05) is 32.6 Å². The zero-order valence-corrected chi connectivity index (χ0v) is 13.0. The summed E-state index contributed by atoms with van der Waals surface area (Å²) in [6.45, 7) is 5.34. The van der Waals surface area contributed by atoms with Crippen LogP contribution in [0.4, 0.5) is 5.69 Å². The summed E-state index contributed by atoms with van der Waals surface area (Å²) in [6, 6.07) is 10.1. The first-order valence-corrected chi connectivity index (χ1v) is 7.31. The molecule has 0 saturated heterocycles. The number of nitrogens with one attached hydrogen (secondary N) is 1. The number of hydrogen-bond donors (Lipinski definition) is 1. The van der Waals surface area contributed by atoms with Crippen molar-refractivity contribution in [3.63, 3.8) is 0 Å². The van der Waals surface area contributed by atoms with Gasteiger partial charge in [-0.05, 0) is 39.2 Å². The molecule has 5 nitrogen and oxygen atoms in total. The number of aryl methyl sites for hydroxylation is 1. The maximum Gasteiger partial charge on any atom is 0.121 e. The van der Waals surface area contributed by atoms with Crippen LogP contribution in [0.5, 0.6) is 5.75 Å². The molecule has 1 N–H and O–H groups in total. The van der Waals surface area contributed by atoms with Crippen LogP contribution in [0, 0.1) is 0 Å². The van der Waals surface area contributed by atoms with Crippen LogP contribution in [-0.2, 0) is 13.1 Å². The van der Waals surface area contributed by atoms with E-state index in [2.05, 4.69) is 22.2 Å². The van der Waals surface area contributed by atoms with Gasteiger partial charge in [0.1, 0.15) is 12.4 Å². The summed E-state index contributed by atoms with van der Waals surface area (Å²) in [5.41, 5.74) is 2.23. The van der Waals surface area contributed by atoms with E-state index < -0.39 is 0 Å². The first kappa shape index (κ1) is 15.4. The summed E-state index contributed by atoms with van der Waals surface area (Å²) in [6.07, 6.45) is 1.83. The van der Waals surface area contributed by atoms with Gasteiger partial charge >= 0.3 is 0 Å². The van der Waals surface area contributed by atoms with Crippen LogP contribution < -0.4 is 10.1 Å². The largest absolute Gasteiger partial charge is 0.492 e. The van der Waals surface area contributed by atoms with Crippen LogP contribution in [-0.4, -0.2) is 41.9 Å². The number of likely N-dealkylation sites (N-methyl/N-ethyl adjacent to an activating group) is 1. The van der Waals surface area contributed by atoms with Crippen molar-refractivity contribution in [1.29, 1.82) is 0 Å². The second-order valence-corrected chi connectivity index (χ2v) is 5.17. The van der Waals surface area contributed by atoms with Gasteiger partial charge in [0.05, 0.1) is 12.2 Å². The minimum atomic E-state index is 0.694. The number of nitrogens with zero attached hydrogens (tertiary/aromatic N) is 3. The molecule has 0 radical (unpaired) electrons. The third kappa shape index (κ3) is 4.79. The normalized spacial score (nSPS) is 10.9. The molecule has 2 rings (SSSR count). The average molecular weight is 288 g/mol. The minimum Gasteiger partial charge on any atom is -0.492 e. The number of rotatable bonds is 8. The summed E-state index contributed by atoms with van der Waals surface area (Å²) in [5.74, 6) is 0.894. The Labute approximate surface area is 126 Å². The molecule has 0 amide bonds. The van der Waals surface area contributed by atoms with E-state index in [-0.39, 0.29) is 0 Å². The van der Waals surface area contributed by atoms with Crippen LogP contribution in [0.25, 0.3) is 0 Å². The topological polar surface area (TPSA) is 42.3 Å². The molecular formula is C16H24N4O. The summed E-state index contributed by atoms with van der Waals surface area (Å²) in [5, 5.41) is 7.68. The molecule has 0 fully saturated rings. The molecule has 0 atom stereocenters. The van der Waals surface area contributed by atoms with E-state index in [1.807, 2.05) is 55.3 Å². The third-order valence-electron chi connectivity index (χ3n) is 3.22. The maximum atomic E-state index is 5.74. The Hall–Kier alpha value is -2.01. The summed E-state index contributed by atoms with van der Waals surface area (Å²) in [4.78, 5) is 2.11. The van der Waals surface area contributed by atoms with Crippen molar-refractivity contribution in [1.82, 2.24) is 14.7 Å². The van der Waals surface area contributed by atoms with Crippen LogP contribution in [0.1, 0.15) is 12.6 Å².